The normalized spacial score (nSPS) is 23.4. The fraction of sp³-hybridized carbons (Fsp3) is 0.562. The lowest BCUT2D eigenvalue weighted by molar-refractivity contribution is -0.534. The Bertz CT molecular complexity index is 621. The zero-order valence-electron chi connectivity index (χ0n) is 13.8. The number of carbonyl (C=O) groups excluding carboxylic acids is 1. The summed E-state index contributed by atoms with van der Waals surface area (Å²) >= 11 is 0. The molecule has 0 bridgehead atoms. The summed E-state index contributed by atoms with van der Waals surface area (Å²) in [6.07, 6.45) is 1.90. The average molecular weight is 338 g/mol. The van der Waals surface area contributed by atoms with Crippen LogP contribution in [0.15, 0.2) is 18.2 Å². The third kappa shape index (κ3) is 3.59. The summed E-state index contributed by atoms with van der Waals surface area (Å²) in [4.78, 5) is 23.1. The molecule has 8 heteroatoms. The highest BCUT2D eigenvalue weighted by atomic mass is 16.6. The number of hydrogen-bond acceptors (Lipinski definition) is 7. The second-order valence-electron chi connectivity index (χ2n) is 5.85. The number of rotatable bonds is 6. The number of nitrogens with two attached hydrogens (primary N) is 1. The van der Waals surface area contributed by atoms with Crippen molar-refractivity contribution in [1.29, 1.82) is 0 Å². The molecule has 1 aromatic rings. The van der Waals surface area contributed by atoms with Crippen LogP contribution >= 0.6 is 0 Å². The Morgan fingerprint density at radius 2 is 2.04 bits per heavy atom. The molecule has 0 amide bonds. The summed E-state index contributed by atoms with van der Waals surface area (Å²) in [5, 5.41) is 11.2. The van der Waals surface area contributed by atoms with E-state index in [0.717, 1.165) is 0 Å². The minimum Gasteiger partial charge on any atom is -0.493 e. The topological polar surface area (TPSA) is 114 Å². The van der Waals surface area contributed by atoms with Crippen LogP contribution in [0, 0.1) is 10.1 Å². The zero-order chi connectivity index (χ0) is 17.7. The summed E-state index contributed by atoms with van der Waals surface area (Å²) in [5.74, 6) is 0.330. The zero-order valence-corrected chi connectivity index (χ0v) is 13.8. The molecular formula is C16H22N2O6. The van der Waals surface area contributed by atoms with E-state index in [1.807, 2.05) is 0 Å². The lowest BCUT2D eigenvalue weighted by atomic mass is 9.78. The molecule has 0 saturated heterocycles. The van der Waals surface area contributed by atoms with E-state index < -0.39 is 22.5 Å². The number of ether oxygens (including phenoxy) is 3. The molecule has 0 aromatic heterocycles. The van der Waals surface area contributed by atoms with Gasteiger partial charge in [-0.25, -0.2) is 4.79 Å². The van der Waals surface area contributed by atoms with Crippen LogP contribution < -0.4 is 15.2 Å². The standard InChI is InChI=1S/C16H22N2O6/c1-22-12-7-6-11(9-13(12)23-2)10-24-15(19)16(17)8-4-3-5-14(16)18(20)21/h6-7,9,14H,3-5,8,10,17H2,1-2H3. The highest BCUT2D eigenvalue weighted by Crippen LogP contribution is 2.31. The fourth-order valence-electron chi connectivity index (χ4n) is 2.96. The van der Waals surface area contributed by atoms with Gasteiger partial charge >= 0.3 is 5.97 Å². The van der Waals surface area contributed by atoms with Crippen molar-refractivity contribution in [2.24, 2.45) is 5.73 Å². The molecule has 2 atom stereocenters. The molecule has 0 spiro atoms. The number of nitro groups is 1. The largest absolute Gasteiger partial charge is 0.493 e. The van der Waals surface area contributed by atoms with E-state index in [2.05, 4.69) is 0 Å². The molecule has 0 radical (unpaired) electrons. The Balaban J connectivity index is 2.08. The number of hydrogen-bond donors (Lipinski definition) is 1. The van der Waals surface area contributed by atoms with Gasteiger partial charge in [0.05, 0.1) is 14.2 Å². The Morgan fingerprint density at radius 3 is 2.67 bits per heavy atom. The minimum atomic E-state index is -1.57. The summed E-state index contributed by atoms with van der Waals surface area (Å²) in [7, 11) is 3.03. The molecule has 1 aliphatic rings. The van der Waals surface area contributed by atoms with Crippen molar-refractivity contribution in [2.45, 2.75) is 43.9 Å². The van der Waals surface area contributed by atoms with Gasteiger partial charge < -0.3 is 19.9 Å². The molecule has 132 valence electrons. The van der Waals surface area contributed by atoms with Gasteiger partial charge in [-0.2, -0.15) is 0 Å². The van der Waals surface area contributed by atoms with E-state index in [0.29, 0.717) is 29.9 Å². The molecule has 0 aliphatic heterocycles. The Labute approximate surface area is 140 Å². The Morgan fingerprint density at radius 1 is 1.33 bits per heavy atom. The van der Waals surface area contributed by atoms with E-state index in [1.54, 1.807) is 18.2 Å². The second kappa shape index (κ2) is 7.48. The van der Waals surface area contributed by atoms with Crippen molar-refractivity contribution < 1.29 is 23.9 Å². The van der Waals surface area contributed by atoms with Gasteiger partial charge in [0, 0.05) is 11.3 Å². The molecule has 2 N–H and O–H groups in total. The van der Waals surface area contributed by atoms with E-state index in [4.69, 9.17) is 19.9 Å². The summed E-state index contributed by atoms with van der Waals surface area (Å²) in [6, 6.07) is 4.00. The molecule has 24 heavy (non-hydrogen) atoms. The lowest BCUT2D eigenvalue weighted by Crippen LogP contribution is -2.62. The first kappa shape index (κ1) is 18.0. The third-order valence-corrected chi connectivity index (χ3v) is 4.37. The number of esters is 1. The van der Waals surface area contributed by atoms with Crippen LogP contribution in [0.1, 0.15) is 31.2 Å². The maximum absolute atomic E-state index is 12.4. The van der Waals surface area contributed by atoms with Crippen LogP contribution in [0.25, 0.3) is 0 Å². The van der Waals surface area contributed by atoms with Crippen LogP contribution in [0.2, 0.25) is 0 Å². The number of benzene rings is 1. The molecule has 1 aromatic carbocycles. The van der Waals surface area contributed by atoms with Gasteiger partial charge in [-0.1, -0.05) is 12.5 Å². The predicted molar refractivity (Wildman–Crippen MR) is 85.5 cm³/mol. The van der Waals surface area contributed by atoms with Gasteiger partial charge in [0.25, 0.3) is 0 Å². The van der Waals surface area contributed by atoms with Crippen LogP contribution in [0.3, 0.4) is 0 Å². The van der Waals surface area contributed by atoms with Gasteiger partial charge in [-0.15, -0.1) is 0 Å². The summed E-state index contributed by atoms with van der Waals surface area (Å²) < 4.78 is 15.6. The predicted octanol–water partition coefficient (Wildman–Crippen LogP) is 1.66. The SMILES string of the molecule is COc1ccc(COC(=O)C2(N)CCCCC2[N+](=O)[O-])cc1OC. The second-order valence-corrected chi connectivity index (χ2v) is 5.85. The van der Waals surface area contributed by atoms with Gasteiger partial charge in [0.2, 0.25) is 6.04 Å². The van der Waals surface area contributed by atoms with E-state index in [-0.39, 0.29) is 19.4 Å². The first-order chi connectivity index (χ1) is 11.4. The van der Waals surface area contributed by atoms with Crippen molar-refractivity contribution in [3.63, 3.8) is 0 Å². The molecular weight excluding hydrogens is 316 g/mol. The number of carbonyl (C=O) groups is 1. The van der Waals surface area contributed by atoms with Crippen LogP contribution in [0.5, 0.6) is 11.5 Å². The number of nitrogens with zero attached hydrogens (tertiary/aromatic N) is 1. The quantitative estimate of drug-likeness (QED) is 0.476. The Hall–Kier alpha value is -2.35. The van der Waals surface area contributed by atoms with Crippen LogP contribution in [0.4, 0.5) is 0 Å². The van der Waals surface area contributed by atoms with E-state index >= 15 is 0 Å². The Kier molecular flexibility index (Phi) is 5.61. The van der Waals surface area contributed by atoms with Gasteiger partial charge in [0.1, 0.15) is 6.61 Å². The lowest BCUT2D eigenvalue weighted by Gasteiger charge is -2.33. The average Bonchev–Trinajstić information content (AvgIpc) is 2.59. The maximum atomic E-state index is 12.4. The third-order valence-electron chi connectivity index (χ3n) is 4.37. The minimum absolute atomic E-state index is 0.0391. The smallest absolute Gasteiger partial charge is 0.333 e. The van der Waals surface area contributed by atoms with Crippen molar-refractivity contribution in [1.82, 2.24) is 0 Å². The van der Waals surface area contributed by atoms with Gasteiger partial charge in [0.15, 0.2) is 17.0 Å². The summed E-state index contributed by atoms with van der Waals surface area (Å²) in [6.45, 7) is -0.0391. The van der Waals surface area contributed by atoms with Crippen LogP contribution in [-0.2, 0) is 16.1 Å². The van der Waals surface area contributed by atoms with Crippen molar-refractivity contribution >= 4 is 5.97 Å². The molecule has 1 saturated carbocycles. The molecule has 1 aliphatic carbocycles. The van der Waals surface area contributed by atoms with E-state index in [1.165, 1.54) is 14.2 Å². The highest BCUT2D eigenvalue weighted by molar-refractivity contribution is 5.81. The highest BCUT2D eigenvalue weighted by Gasteiger charge is 2.52. The van der Waals surface area contributed by atoms with Crippen molar-refractivity contribution in [2.75, 3.05) is 14.2 Å². The van der Waals surface area contributed by atoms with Gasteiger partial charge in [-0.05, 0) is 30.5 Å². The first-order valence-electron chi connectivity index (χ1n) is 7.73. The van der Waals surface area contributed by atoms with E-state index in [9.17, 15) is 14.9 Å². The fourth-order valence-corrected chi connectivity index (χ4v) is 2.96. The molecule has 2 unspecified atom stereocenters. The van der Waals surface area contributed by atoms with Crippen LogP contribution in [-0.4, -0.2) is 36.7 Å². The number of methoxy groups -OCH3 is 2. The van der Waals surface area contributed by atoms with Crippen molar-refractivity contribution in [3.05, 3.63) is 33.9 Å². The summed E-state index contributed by atoms with van der Waals surface area (Å²) in [5.41, 5.74) is 5.16. The molecule has 2 rings (SSSR count). The first-order valence-corrected chi connectivity index (χ1v) is 7.73. The maximum Gasteiger partial charge on any atom is 0.333 e. The van der Waals surface area contributed by atoms with Crippen molar-refractivity contribution in [3.8, 4) is 11.5 Å². The monoisotopic (exact) mass is 338 g/mol. The molecule has 8 nitrogen and oxygen atoms in total. The van der Waals surface area contributed by atoms with Gasteiger partial charge in [-0.3, -0.25) is 10.1 Å². The molecule has 0 heterocycles. The molecule has 1 fully saturated rings.